The molecule has 0 unspecified atom stereocenters. The standard InChI is InChI=1S/C11H13N3O3/c12-9-6-13(7-9)11(15)5-8-3-1-2-4-10(8)14(16)17/h1-4,9H,5-7,12H2. The zero-order valence-corrected chi connectivity index (χ0v) is 9.20. The third-order valence-corrected chi connectivity index (χ3v) is 2.79. The van der Waals surface area contributed by atoms with Crippen molar-refractivity contribution in [1.82, 2.24) is 4.90 Å². The second-order valence-electron chi connectivity index (χ2n) is 4.12. The molecule has 2 rings (SSSR count). The Labute approximate surface area is 98.2 Å². The highest BCUT2D eigenvalue weighted by Crippen LogP contribution is 2.19. The van der Waals surface area contributed by atoms with Gasteiger partial charge in [-0.15, -0.1) is 0 Å². The van der Waals surface area contributed by atoms with Gasteiger partial charge in [-0.1, -0.05) is 18.2 Å². The third kappa shape index (κ3) is 2.42. The van der Waals surface area contributed by atoms with E-state index in [1.165, 1.54) is 6.07 Å². The lowest BCUT2D eigenvalue weighted by molar-refractivity contribution is -0.385. The Morgan fingerprint density at radius 1 is 1.47 bits per heavy atom. The third-order valence-electron chi connectivity index (χ3n) is 2.79. The van der Waals surface area contributed by atoms with Crippen molar-refractivity contribution in [3.63, 3.8) is 0 Å². The van der Waals surface area contributed by atoms with Crippen LogP contribution >= 0.6 is 0 Å². The van der Waals surface area contributed by atoms with Crippen LogP contribution in [0.25, 0.3) is 0 Å². The van der Waals surface area contributed by atoms with Gasteiger partial charge in [-0.25, -0.2) is 0 Å². The first-order chi connectivity index (χ1) is 8.08. The average molecular weight is 235 g/mol. The number of hydrogen-bond donors (Lipinski definition) is 1. The van der Waals surface area contributed by atoms with E-state index < -0.39 is 4.92 Å². The maximum Gasteiger partial charge on any atom is 0.273 e. The van der Waals surface area contributed by atoms with E-state index in [1.807, 2.05) is 0 Å². The van der Waals surface area contributed by atoms with Crippen molar-refractivity contribution in [3.05, 3.63) is 39.9 Å². The van der Waals surface area contributed by atoms with Crippen LogP contribution in [-0.2, 0) is 11.2 Å². The molecule has 1 aliphatic rings. The molecule has 1 aromatic carbocycles. The fraction of sp³-hybridized carbons (Fsp3) is 0.364. The first kappa shape index (κ1) is 11.5. The van der Waals surface area contributed by atoms with Crippen molar-refractivity contribution < 1.29 is 9.72 Å². The summed E-state index contributed by atoms with van der Waals surface area (Å²) in [5.41, 5.74) is 6.01. The second kappa shape index (κ2) is 4.50. The molecule has 1 amide bonds. The molecule has 90 valence electrons. The highest BCUT2D eigenvalue weighted by atomic mass is 16.6. The van der Waals surface area contributed by atoms with Gasteiger partial charge in [0.25, 0.3) is 5.69 Å². The number of benzene rings is 1. The Balaban J connectivity index is 2.08. The van der Waals surface area contributed by atoms with Crippen LogP contribution in [0.4, 0.5) is 5.69 Å². The monoisotopic (exact) mass is 235 g/mol. The van der Waals surface area contributed by atoms with E-state index in [1.54, 1.807) is 23.1 Å². The van der Waals surface area contributed by atoms with Gasteiger partial charge < -0.3 is 10.6 Å². The lowest BCUT2D eigenvalue weighted by atomic mass is 10.1. The van der Waals surface area contributed by atoms with Crippen molar-refractivity contribution >= 4 is 11.6 Å². The minimum atomic E-state index is -0.468. The molecule has 1 saturated heterocycles. The van der Waals surface area contributed by atoms with Gasteiger partial charge in [-0.2, -0.15) is 0 Å². The Morgan fingerprint density at radius 2 is 2.12 bits per heavy atom. The van der Waals surface area contributed by atoms with E-state index in [-0.39, 0.29) is 24.1 Å². The number of rotatable bonds is 3. The number of hydrogen-bond acceptors (Lipinski definition) is 4. The number of para-hydroxylation sites is 1. The van der Waals surface area contributed by atoms with E-state index >= 15 is 0 Å². The molecule has 2 N–H and O–H groups in total. The van der Waals surface area contributed by atoms with Gasteiger partial charge in [-0.05, 0) is 0 Å². The number of nitro groups is 1. The molecule has 6 heteroatoms. The summed E-state index contributed by atoms with van der Waals surface area (Å²) in [6.45, 7) is 1.08. The predicted molar refractivity (Wildman–Crippen MR) is 61.4 cm³/mol. The van der Waals surface area contributed by atoms with Gasteiger partial charge in [-0.3, -0.25) is 14.9 Å². The lowest BCUT2D eigenvalue weighted by Gasteiger charge is -2.36. The Kier molecular flexibility index (Phi) is 3.06. The summed E-state index contributed by atoms with van der Waals surface area (Å²) < 4.78 is 0. The molecule has 0 saturated carbocycles. The van der Waals surface area contributed by atoms with Gasteiger partial charge in [0.15, 0.2) is 0 Å². The molecule has 6 nitrogen and oxygen atoms in total. The number of nitrogens with two attached hydrogens (primary N) is 1. The number of carbonyl (C=O) groups is 1. The maximum atomic E-state index is 11.8. The molecule has 1 heterocycles. The van der Waals surface area contributed by atoms with Crippen LogP contribution in [0.2, 0.25) is 0 Å². The summed E-state index contributed by atoms with van der Waals surface area (Å²) in [5.74, 6) is -0.110. The minimum Gasteiger partial charge on any atom is -0.339 e. The van der Waals surface area contributed by atoms with Gasteiger partial charge in [0.1, 0.15) is 0 Å². The summed E-state index contributed by atoms with van der Waals surface area (Å²) in [6.07, 6.45) is 0.0594. The fourth-order valence-corrected chi connectivity index (χ4v) is 1.83. The first-order valence-electron chi connectivity index (χ1n) is 5.33. The number of carbonyl (C=O) groups excluding carboxylic acids is 1. The van der Waals surface area contributed by atoms with Crippen molar-refractivity contribution in [3.8, 4) is 0 Å². The van der Waals surface area contributed by atoms with E-state index in [9.17, 15) is 14.9 Å². The summed E-state index contributed by atoms with van der Waals surface area (Å²) in [7, 11) is 0. The second-order valence-corrected chi connectivity index (χ2v) is 4.12. The van der Waals surface area contributed by atoms with Crippen LogP contribution < -0.4 is 5.73 Å². The molecule has 1 aromatic rings. The molecule has 1 aliphatic heterocycles. The van der Waals surface area contributed by atoms with Gasteiger partial charge in [0.2, 0.25) is 5.91 Å². The van der Waals surface area contributed by atoms with Crippen molar-refractivity contribution in [1.29, 1.82) is 0 Å². The maximum absolute atomic E-state index is 11.8. The largest absolute Gasteiger partial charge is 0.339 e. The number of nitro benzene ring substituents is 1. The summed E-state index contributed by atoms with van der Waals surface area (Å²) in [5, 5.41) is 10.8. The Bertz CT molecular complexity index is 455. The van der Waals surface area contributed by atoms with E-state index in [0.717, 1.165) is 0 Å². The molecule has 0 atom stereocenters. The molecule has 0 spiro atoms. The number of amides is 1. The highest BCUT2D eigenvalue weighted by molar-refractivity contribution is 5.80. The van der Waals surface area contributed by atoms with Crippen LogP contribution in [0.15, 0.2) is 24.3 Å². The molecule has 1 fully saturated rings. The smallest absolute Gasteiger partial charge is 0.273 e. The van der Waals surface area contributed by atoms with E-state index in [4.69, 9.17) is 5.73 Å². The summed E-state index contributed by atoms with van der Waals surface area (Å²) in [6, 6.07) is 6.34. The number of likely N-dealkylation sites (tertiary alicyclic amines) is 1. The van der Waals surface area contributed by atoms with E-state index in [2.05, 4.69) is 0 Å². The molecular weight excluding hydrogens is 222 g/mol. The van der Waals surface area contributed by atoms with Crippen molar-refractivity contribution in [2.24, 2.45) is 5.73 Å². The predicted octanol–water partition coefficient (Wildman–Crippen LogP) is 0.307. The van der Waals surface area contributed by atoms with Gasteiger partial charge in [0, 0.05) is 30.8 Å². The van der Waals surface area contributed by atoms with Crippen molar-refractivity contribution in [2.75, 3.05) is 13.1 Å². The van der Waals surface area contributed by atoms with Gasteiger partial charge in [0.05, 0.1) is 11.3 Å². The van der Waals surface area contributed by atoms with Crippen LogP contribution in [0.1, 0.15) is 5.56 Å². The topological polar surface area (TPSA) is 89.5 Å². The fourth-order valence-electron chi connectivity index (χ4n) is 1.83. The zero-order chi connectivity index (χ0) is 12.4. The normalized spacial score (nSPS) is 15.5. The Hall–Kier alpha value is -1.95. The summed E-state index contributed by atoms with van der Waals surface area (Å²) in [4.78, 5) is 23.7. The Morgan fingerprint density at radius 3 is 2.71 bits per heavy atom. The molecule has 0 aromatic heterocycles. The highest BCUT2D eigenvalue weighted by Gasteiger charge is 2.28. The molecule has 0 bridgehead atoms. The van der Waals surface area contributed by atoms with E-state index in [0.29, 0.717) is 18.7 Å². The minimum absolute atomic E-state index is 0.00864. The van der Waals surface area contributed by atoms with Crippen molar-refractivity contribution in [2.45, 2.75) is 12.5 Å². The SMILES string of the molecule is NC1CN(C(=O)Cc2ccccc2[N+](=O)[O-])C1. The molecule has 0 aliphatic carbocycles. The molecular formula is C11H13N3O3. The van der Waals surface area contributed by atoms with Crippen LogP contribution in [0, 0.1) is 10.1 Å². The quantitative estimate of drug-likeness (QED) is 0.603. The van der Waals surface area contributed by atoms with Crippen LogP contribution in [0.5, 0.6) is 0 Å². The van der Waals surface area contributed by atoms with Gasteiger partial charge >= 0.3 is 0 Å². The summed E-state index contributed by atoms with van der Waals surface area (Å²) >= 11 is 0. The molecule has 0 radical (unpaired) electrons. The molecule has 17 heavy (non-hydrogen) atoms. The zero-order valence-electron chi connectivity index (χ0n) is 9.20. The van der Waals surface area contributed by atoms with Crippen LogP contribution in [-0.4, -0.2) is 34.9 Å². The average Bonchev–Trinajstić information content (AvgIpc) is 2.25. The number of nitrogens with zero attached hydrogens (tertiary/aromatic N) is 2. The van der Waals surface area contributed by atoms with Crippen LogP contribution in [0.3, 0.4) is 0 Å². The lowest BCUT2D eigenvalue weighted by Crippen LogP contribution is -2.58. The first-order valence-corrected chi connectivity index (χ1v) is 5.33.